The van der Waals surface area contributed by atoms with Gasteiger partial charge < -0.3 is 10.1 Å². The molecule has 3 aromatic carbocycles. The quantitative estimate of drug-likeness (QED) is 0.550. The van der Waals surface area contributed by atoms with Crippen LogP contribution in [-0.2, 0) is 19.6 Å². The predicted molar refractivity (Wildman–Crippen MR) is 131 cm³/mol. The number of piperidine rings is 1. The lowest BCUT2D eigenvalue weighted by atomic mass is 9.97. The number of hydrogen-bond donors (Lipinski definition) is 1. The Morgan fingerprint density at radius 2 is 1.62 bits per heavy atom. The Hall–Kier alpha value is -3.23. The Balaban J connectivity index is 1.40. The largest absolute Gasteiger partial charge is 0.465 e. The fourth-order valence-corrected chi connectivity index (χ4v) is 6.07. The zero-order valence-corrected chi connectivity index (χ0v) is 20.3. The van der Waals surface area contributed by atoms with Gasteiger partial charge in [0.2, 0.25) is 15.9 Å². The molecule has 0 aliphatic carbocycles. The molecule has 1 N–H and O–H groups in total. The number of carbonyl (C=O) groups excluding carboxylic acids is 2. The van der Waals surface area contributed by atoms with E-state index in [4.69, 9.17) is 4.74 Å². The van der Waals surface area contributed by atoms with Gasteiger partial charge in [-0.05, 0) is 73.4 Å². The first-order valence-electron chi connectivity index (χ1n) is 11.2. The molecule has 0 bridgehead atoms. The molecule has 0 saturated carbocycles. The van der Waals surface area contributed by atoms with E-state index in [1.54, 1.807) is 37.3 Å². The SMILES string of the molecule is COC(=O)c1ccc2cc(NC(=O)C3CCN(S(=O)(=O)c4ccc(C)cc4C)CC3)ccc2c1. The van der Waals surface area contributed by atoms with Crippen molar-refractivity contribution < 1.29 is 22.7 Å². The van der Waals surface area contributed by atoms with E-state index in [1.165, 1.54) is 11.4 Å². The number of rotatable bonds is 5. The van der Waals surface area contributed by atoms with Gasteiger partial charge in [-0.25, -0.2) is 13.2 Å². The summed E-state index contributed by atoms with van der Waals surface area (Å²) in [5, 5.41) is 4.71. The molecule has 8 heteroatoms. The van der Waals surface area contributed by atoms with Gasteiger partial charge in [0.25, 0.3) is 0 Å². The molecule has 1 aliphatic rings. The zero-order valence-electron chi connectivity index (χ0n) is 19.5. The van der Waals surface area contributed by atoms with Crippen LogP contribution in [0, 0.1) is 19.8 Å². The van der Waals surface area contributed by atoms with Crippen LogP contribution in [0.4, 0.5) is 5.69 Å². The van der Waals surface area contributed by atoms with Crippen LogP contribution < -0.4 is 5.32 Å². The van der Waals surface area contributed by atoms with Crippen LogP contribution in [0.1, 0.15) is 34.3 Å². The van der Waals surface area contributed by atoms with Crippen LogP contribution in [0.25, 0.3) is 10.8 Å². The van der Waals surface area contributed by atoms with Crippen molar-refractivity contribution in [2.24, 2.45) is 5.92 Å². The third-order valence-electron chi connectivity index (χ3n) is 6.30. The molecule has 3 aromatic rings. The summed E-state index contributed by atoms with van der Waals surface area (Å²) in [5.41, 5.74) is 2.88. The maximum absolute atomic E-state index is 13.1. The van der Waals surface area contributed by atoms with Gasteiger partial charge in [-0.15, -0.1) is 0 Å². The van der Waals surface area contributed by atoms with Crippen LogP contribution in [0.2, 0.25) is 0 Å². The molecular formula is C26H28N2O5S. The molecule has 7 nitrogen and oxygen atoms in total. The number of esters is 1. The van der Waals surface area contributed by atoms with Gasteiger partial charge in [0.15, 0.2) is 0 Å². The standard InChI is InChI=1S/C26H28N2O5S/c1-17-4-9-24(18(2)14-17)34(31,32)28-12-10-19(11-13-28)25(29)27-23-8-7-20-15-22(26(30)33-3)6-5-21(20)16-23/h4-9,14-16,19H,10-13H2,1-3H3,(H,27,29). The Morgan fingerprint density at radius 1 is 0.941 bits per heavy atom. The van der Waals surface area contributed by atoms with E-state index in [0.29, 0.717) is 42.1 Å². The number of sulfonamides is 1. The minimum absolute atomic E-state index is 0.117. The van der Waals surface area contributed by atoms with E-state index in [0.717, 1.165) is 21.9 Å². The number of methoxy groups -OCH3 is 1. The second-order valence-corrected chi connectivity index (χ2v) is 10.6. The number of aryl methyl sites for hydroxylation is 2. The first kappa shape index (κ1) is 23.9. The summed E-state index contributed by atoms with van der Waals surface area (Å²) in [6, 6.07) is 16.1. The maximum Gasteiger partial charge on any atom is 0.337 e. The third-order valence-corrected chi connectivity index (χ3v) is 8.36. The highest BCUT2D eigenvalue weighted by Gasteiger charge is 2.32. The van der Waals surface area contributed by atoms with Gasteiger partial charge in [0.1, 0.15) is 0 Å². The number of anilines is 1. The zero-order chi connectivity index (χ0) is 24.5. The average Bonchev–Trinajstić information content (AvgIpc) is 2.83. The minimum Gasteiger partial charge on any atom is -0.465 e. The van der Waals surface area contributed by atoms with Gasteiger partial charge in [-0.2, -0.15) is 4.31 Å². The van der Waals surface area contributed by atoms with E-state index in [-0.39, 0.29) is 11.8 Å². The lowest BCUT2D eigenvalue weighted by molar-refractivity contribution is -0.120. The number of benzene rings is 3. The Kier molecular flexibility index (Phi) is 6.72. The maximum atomic E-state index is 13.1. The first-order chi connectivity index (χ1) is 16.2. The molecule has 1 fully saturated rings. The predicted octanol–water partition coefficient (Wildman–Crippen LogP) is 4.28. The number of fused-ring (bicyclic) bond motifs is 1. The van der Waals surface area contributed by atoms with Gasteiger partial charge in [0, 0.05) is 24.7 Å². The highest BCUT2D eigenvalue weighted by atomic mass is 32.2. The lowest BCUT2D eigenvalue weighted by Crippen LogP contribution is -2.41. The molecule has 1 aliphatic heterocycles. The normalized spacial score (nSPS) is 15.3. The second kappa shape index (κ2) is 9.56. The van der Waals surface area contributed by atoms with Crippen molar-refractivity contribution in [2.45, 2.75) is 31.6 Å². The summed E-state index contributed by atoms with van der Waals surface area (Å²) in [7, 11) is -2.24. The van der Waals surface area contributed by atoms with Crippen LogP contribution in [0.3, 0.4) is 0 Å². The Labute approximate surface area is 199 Å². The summed E-state index contributed by atoms with van der Waals surface area (Å²) in [6.07, 6.45) is 0.929. The number of carbonyl (C=O) groups is 2. The van der Waals surface area contributed by atoms with E-state index >= 15 is 0 Å². The summed E-state index contributed by atoms with van der Waals surface area (Å²) < 4.78 is 32.4. The molecule has 4 rings (SSSR count). The van der Waals surface area contributed by atoms with Gasteiger partial charge in [-0.1, -0.05) is 29.8 Å². The van der Waals surface area contributed by atoms with Crippen molar-refractivity contribution in [1.82, 2.24) is 4.31 Å². The Morgan fingerprint density at radius 3 is 2.29 bits per heavy atom. The first-order valence-corrected chi connectivity index (χ1v) is 12.6. The molecule has 1 heterocycles. The number of ether oxygens (including phenoxy) is 1. The molecule has 34 heavy (non-hydrogen) atoms. The van der Waals surface area contributed by atoms with Crippen LogP contribution in [0.5, 0.6) is 0 Å². The van der Waals surface area contributed by atoms with Crippen LogP contribution >= 0.6 is 0 Å². The van der Waals surface area contributed by atoms with E-state index in [2.05, 4.69) is 5.32 Å². The fourth-order valence-electron chi connectivity index (χ4n) is 4.40. The molecule has 1 amide bonds. The number of hydrogen-bond acceptors (Lipinski definition) is 5. The van der Waals surface area contributed by atoms with E-state index < -0.39 is 16.0 Å². The smallest absolute Gasteiger partial charge is 0.337 e. The summed E-state index contributed by atoms with van der Waals surface area (Å²) >= 11 is 0. The van der Waals surface area contributed by atoms with E-state index in [1.807, 2.05) is 31.2 Å². The molecule has 0 aromatic heterocycles. The minimum atomic E-state index is -3.58. The molecule has 0 spiro atoms. The van der Waals surface area contributed by atoms with Crippen molar-refractivity contribution in [2.75, 3.05) is 25.5 Å². The lowest BCUT2D eigenvalue weighted by Gasteiger charge is -2.31. The van der Waals surface area contributed by atoms with Crippen molar-refractivity contribution in [1.29, 1.82) is 0 Å². The Bertz CT molecular complexity index is 1360. The van der Waals surface area contributed by atoms with Crippen molar-refractivity contribution in [3.8, 4) is 0 Å². The monoisotopic (exact) mass is 480 g/mol. The second-order valence-electron chi connectivity index (χ2n) is 8.70. The topological polar surface area (TPSA) is 92.8 Å². The van der Waals surface area contributed by atoms with Crippen molar-refractivity contribution in [3.05, 3.63) is 71.3 Å². The fraction of sp³-hybridized carbons (Fsp3) is 0.308. The summed E-state index contributed by atoms with van der Waals surface area (Å²) in [5.74, 6) is -0.776. The molecule has 0 unspecified atom stereocenters. The molecule has 0 atom stereocenters. The number of nitrogens with zero attached hydrogens (tertiary/aromatic N) is 1. The van der Waals surface area contributed by atoms with Crippen LogP contribution in [-0.4, -0.2) is 44.8 Å². The number of nitrogens with one attached hydrogen (secondary N) is 1. The van der Waals surface area contributed by atoms with Crippen molar-refractivity contribution >= 4 is 38.4 Å². The van der Waals surface area contributed by atoms with Gasteiger partial charge in [0.05, 0.1) is 17.6 Å². The molecule has 1 saturated heterocycles. The van der Waals surface area contributed by atoms with E-state index in [9.17, 15) is 18.0 Å². The highest BCUT2D eigenvalue weighted by Crippen LogP contribution is 2.28. The van der Waals surface area contributed by atoms with Crippen LogP contribution in [0.15, 0.2) is 59.5 Å². The number of amides is 1. The summed E-state index contributed by atoms with van der Waals surface area (Å²) in [6.45, 7) is 4.35. The van der Waals surface area contributed by atoms with Gasteiger partial charge >= 0.3 is 5.97 Å². The average molecular weight is 481 g/mol. The van der Waals surface area contributed by atoms with Gasteiger partial charge in [-0.3, -0.25) is 4.79 Å². The highest BCUT2D eigenvalue weighted by molar-refractivity contribution is 7.89. The summed E-state index contributed by atoms with van der Waals surface area (Å²) in [4.78, 5) is 24.9. The molecule has 0 radical (unpaired) electrons. The third kappa shape index (κ3) is 4.83. The molecular weight excluding hydrogens is 452 g/mol. The molecule has 178 valence electrons. The van der Waals surface area contributed by atoms with Crippen molar-refractivity contribution in [3.63, 3.8) is 0 Å².